The summed E-state index contributed by atoms with van der Waals surface area (Å²) in [7, 11) is 0. The summed E-state index contributed by atoms with van der Waals surface area (Å²) in [6, 6.07) is 3.06. The molecule has 1 aliphatic heterocycles. The summed E-state index contributed by atoms with van der Waals surface area (Å²) in [5.74, 6) is -1.14. The van der Waals surface area contributed by atoms with Crippen LogP contribution in [0, 0.1) is 0 Å². The first-order chi connectivity index (χ1) is 12.0. The Balaban J connectivity index is 2.44. The van der Waals surface area contributed by atoms with Gasteiger partial charge in [-0.3, -0.25) is 0 Å². The molecular weight excluding hydrogens is 344 g/mol. The molecule has 0 radical (unpaired) electrons. The SMILES string of the molecule is CC(C)c1cc(O)cc(C(C)C)c1OC1O[C@H](C(=O)O)[C@@H](O)[C@H](O)[C@H]1O. The predicted molar refractivity (Wildman–Crippen MR) is 91.2 cm³/mol. The molecule has 26 heavy (non-hydrogen) atoms. The maximum atomic E-state index is 11.2. The van der Waals surface area contributed by atoms with Crippen LogP contribution in [0.15, 0.2) is 12.1 Å². The summed E-state index contributed by atoms with van der Waals surface area (Å²) >= 11 is 0. The third-order valence-electron chi connectivity index (χ3n) is 4.42. The largest absolute Gasteiger partial charge is 0.508 e. The lowest BCUT2D eigenvalue weighted by atomic mass is 9.93. The number of phenols is 1. The number of rotatable bonds is 5. The van der Waals surface area contributed by atoms with E-state index in [9.17, 15) is 25.2 Å². The minimum Gasteiger partial charge on any atom is -0.508 e. The minimum absolute atomic E-state index is 0.0406. The summed E-state index contributed by atoms with van der Waals surface area (Å²) in [6.07, 6.45) is -8.39. The first-order valence-electron chi connectivity index (χ1n) is 8.50. The standard InChI is InChI=1S/C18H26O8/c1-7(2)10-5-9(19)6-11(8(3)4)15(10)25-18-14(22)12(20)13(21)16(26-18)17(23)24/h5-8,12-14,16,18-22H,1-4H3,(H,23,24)/t12-,13-,14+,16-,18?/m0/s1. The lowest BCUT2D eigenvalue weighted by Gasteiger charge is -2.39. The van der Waals surface area contributed by atoms with Gasteiger partial charge in [-0.25, -0.2) is 4.79 Å². The number of aliphatic hydroxyl groups excluding tert-OH is 3. The molecule has 1 aromatic rings. The van der Waals surface area contributed by atoms with Crippen LogP contribution < -0.4 is 4.74 Å². The molecule has 0 spiro atoms. The molecule has 8 heteroatoms. The van der Waals surface area contributed by atoms with E-state index in [0.717, 1.165) is 0 Å². The smallest absolute Gasteiger partial charge is 0.335 e. The van der Waals surface area contributed by atoms with Gasteiger partial charge in [0.25, 0.3) is 0 Å². The van der Waals surface area contributed by atoms with Crippen molar-refractivity contribution in [3.63, 3.8) is 0 Å². The van der Waals surface area contributed by atoms with E-state index in [4.69, 9.17) is 14.6 Å². The van der Waals surface area contributed by atoms with E-state index in [1.807, 2.05) is 27.7 Å². The molecule has 1 saturated heterocycles. The number of benzene rings is 1. The highest BCUT2D eigenvalue weighted by Crippen LogP contribution is 2.39. The van der Waals surface area contributed by atoms with Crippen molar-refractivity contribution in [2.75, 3.05) is 0 Å². The highest BCUT2D eigenvalue weighted by atomic mass is 16.7. The van der Waals surface area contributed by atoms with Crippen molar-refractivity contribution >= 4 is 5.97 Å². The van der Waals surface area contributed by atoms with Gasteiger partial charge in [-0.2, -0.15) is 0 Å². The zero-order valence-electron chi connectivity index (χ0n) is 15.2. The molecule has 1 aromatic carbocycles. The summed E-state index contributed by atoms with van der Waals surface area (Å²) in [5, 5.41) is 49.0. The van der Waals surface area contributed by atoms with Crippen molar-refractivity contribution in [2.45, 2.75) is 70.2 Å². The molecule has 5 N–H and O–H groups in total. The maximum Gasteiger partial charge on any atom is 0.335 e. The zero-order chi connectivity index (χ0) is 19.8. The molecule has 0 aliphatic carbocycles. The molecule has 5 atom stereocenters. The Morgan fingerprint density at radius 2 is 1.50 bits per heavy atom. The fraction of sp³-hybridized carbons (Fsp3) is 0.611. The zero-order valence-corrected chi connectivity index (χ0v) is 15.2. The monoisotopic (exact) mass is 370 g/mol. The lowest BCUT2D eigenvalue weighted by Crippen LogP contribution is -2.61. The van der Waals surface area contributed by atoms with Crippen LogP contribution in [0.1, 0.15) is 50.7 Å². The predicted octanol–water partition coefficient (Wildman–Crippen LogP) is 0.910. The number of phenolic OH excluding ortho intramolecular Hbond substituents is 1. The molecule has 0 amide bonds. The molecular formula is C18H26O8. The van der Waals surface area contributed by atoms with Crippen LogP contribution in [0.2, 0.25) is 0 Å². The Bertz CT molecular complexity index is 628. The molecule has 1 heterocycles. The third-order valence-corrected chi connectivity index (χ3v) is 4.42. The molecule has 0 saturated carbocycles. The van der Waals surface area contributed by atoms with Gasteiger partial charge in [-0.1, -0.05) is 27.7 Å². The summed E-state index contributed by atoms with van der Waals surface area (Å²) < 4.78 is 11.0. The van der Waals surface area contributed by atoms with E-state index in [0.29, 0.717) is 16.9 Å². The van der Waals surface area contributed by atoms with Crippen LogP contribution in [0.4, 0.5) is 0 Å². The Morgan fingerprint density at radius 1 is 1.00 bits per heavy atom. The first kappa shape index (κ1) is 20.4. The average Bonchev–Trinajstić information content (AvgIpc) is 2.55. The van der Waals surface area contributed by atoms with Crippen LogP contribution >= 0.6 is 0 Å². The lowest BCUT2D eigenvalue weighted by molar-refractivity contribution is -0.271. The number of carboxylic acid groups (broad SMARTS) is 1. The number of aliphatic carboxylic acids is 1. The molecule has 0 bridgehead atoms. The normalized spacial score (nSPS) is 29.2. The van der Waals surface area contributed by atoms with Crippen LogP contribution in [0.5, 0.6) is 11.5 Å². The van der Waals surface area contributed by atoms with Crippen LogP contribution in [0.3, 0.4) is 0 Å². The van der Waals surface area contributed by atoms with Gasteiger partial charge in [0.2, 0.25) is 6.29 Å². The highest BCUT2D eigenvalue weighted by Gasteiger charge is 2.48. The van der Waals surface area contributed by atoms with Crippen molar-refractivity contribution < 1.29 is 39.8 Å². The fourth-order valence-electron chi connectivity index (χ4n) is 2.92. The number of carboxylic acids is 1. The second kappa shape index (κ2) is 7.79. The van der Waals surface area contributed by atoms with E-state index in [1.165, 1.54) is 12.1 Å². The average molecular weight is 370 g/mol. The van der Waals surface area contributed by atoms with Crippen molar-refractivity contribution in [2.24, 2.45) is 0 Å². The Kier molecular flexibility index (Phi) is 6.13. The van der Waals surface area contributed by atoms with E-state index in [-0.39, 0.29) is 17.6 Å². The molecule has 8 nitrogen and oxygen atoms in total. The van der Waals surface area contributed by atoms with Crippen molar-refractivity contribution in [1.82, 2.24) is 0 Å². The van der Waals surface area contributed by atoms with Gasteiger partial charge in [0.05, 0.1) is 0 Å². The molecule has 2 rings (SSSR count). The van der Waals surface area contributed by atoms with Gasteiger partial charge < -0.3 is 35.0 Å². The van der Waals surface area contributed by atoms with E-state index < -0.39 is 36.7 Å². The molecule has 1 aliphatic rings. The summed E-state index contributed by atoms with van der Waals surface area (Å²) in [6.45, 7) is 7.57. The van der Waals surface area contributed by atoms with Gasteiger partial charge in [-0.05, 0) is 24.0 Å². The second-order valence-electron chi connectivity index (χ2n) is 7.12. The Labute approximate surface area is 151 Å². The van der Waals surface area contributed by atoms with Crippen molar-refractivity contribution in [3.8, 4) is 11.5 Å². The van der Waals surface area contributed by atoms with Crippen molar-refractivity contribution in [3.05, 3.63) is 23.3 Å². The summed E-state index contributed by atoms with van der Waals surface area (Å²) in [5.41, 5.74) is 1.30. The fourth-order valence-corrected chi connectivity index (χ4v) is 2.92. The maximum absolute atomic E-state index is 11.2. The topological polar surface area (TPSA) is 137 Å². The molecule has 1 fully saturated rings. The number of aromatic hydroxyl groups is 1. The van der Waals surface area contributed by atoms with Crippen LogP contribution in [-0.2, 0) is 9.53 Å². The number of hydrogen-bond acceptors (Lipinski definition) is 7. The number of carbonyl (C=O) groups is 1. The number of hydrogen-bond donors (Lipinski definition) is 5. The molecule has 146 valence electrons. The molecule has 1 unspecified atom stereocenters. The van der Waals surface area contributed by atoms with E-state index >= 15 is 0 Å². The van der Waals surface area contributed by atoms with Gasteiger partial charge in [-0.15, -0.1) is 0 Å². The number of ether oxygens (including phenoxy) is 2. The van der Waals surface area contributed by atoms with Crippen molar-refractivity contribution in [1.29, 1.82) is 0 Å². The van der Waals surface area contributed by atoms with Gasteiger partial charge in [0, 0.05) is 11.1 Å². The van der Waals surface area contributed by atoms with Gasteiger partial charge in [0.1, 0.15) is 29.8 Å². The van der Waals surface area contributed by atoms with Crippen LogP contribution in [0.25, 0.3) is 0 Å². The quantitative estimate of drug-likeness (QED) is 0.516. The minimum atomic E-state index is -1.78. The van der Waals surface area contributed by atoms with Gasteiger partial charge >= 0.3 is 5.97 Å². The highest BCUT2D eigenvalue weighted by molar-refractivity contribution is 5.73. The number of aliphatic hydroxyl groups is 3. The van der Waals surface area contributed by atoms with Gasteiger partial charge in [0.15, 0.2) is 6.10 Å². The van der Waals surface area contributed by atoms with E-state index in [2.05, 4.69) is 0 Å². The first-order valence-corrected chi connectivity index (χ1v) is 8.50. The Morgan fingerprint density at radius 3 is 1.92 bits per heavy atom. The molecule has 0 aromatic heterocycles. The van der Waals surface area contributed by atoms with E-state index in [1.54, 1.807) is 0 Å². The summed E-state index contributed by atoms with van der Waals surface area (Å²) in [4.78, 5) is 11.2. The Hall–Kier alpha value is -1.87. The second-order valence-corrected chi connectivity index (χ2v) is 7.12. The third kappa shape index (κ3) is 3.93. The van der Waals surface area contributed by atoms with Crippen LogP contribution in [-0.4, -0.2) is 62.2 Å².